The lowest BCUT2D eigenvalue weighted by Gasteiger charge is -2.38. The van der Waals surface area contributed by atoms with Crippen molar-refractivity contribution in [3.63, 3.8) is 0 Å². The number of fused-ring (bicyclic) bond motifs is 1. The SMILES string of the molecule is CC(C)N(CC(=O)N1CCc2sccc2[C@H]1c1ccccc1)C(=O)c1ccco1. The van der Waals surface area contributed by atoms with Gasteiger partial charge >= 0.3 is 0 Å². The van der Waals surface area contributed by atoms with Gasteiger partial charge in [-0.05, 0) is 55.0 Å². The highest BCUT2D eigenvalue weighted by Crippen LogP contribution is 2.37. The van der Waals surface area contributed by atoms with Crippen molar-refractivity contribution in [2.24, 2.45) is 0 Å². The van der Waals surface area contributed by atoms with Crippen LogP contribution in [-0.4, -0.2) is 40.7 Å². The normalized spacial score (nSPS) is 16.0. The fraction of sp³-hybridized carbons (Fsp3) is 0.304. The number of furan rings is 1. The number of rotatable bonds is 5. The molecule has 0 fully saturated rings. The number of hydrogen-bond acceptors (Lipinski definition) is 4. The summed E-state index contributed by atoms with van der Waals surface area (Å²) in [6.07, 6.45) is 2.32. The molecule has 0 aliphatic carbocycles. The molecule has 0 unspecified atom stereocenters. The summed E-state index contributed by atoms with van der Waals surface area (Å²) in [5.74, 6) is -0.0583. The standard InChI is InChI=1S/C23H24N2O3S/c1-16(2)25(23(27)19-9-6-13-28-19)15-21(26)24-12-10-20-18(11-14-29-20)22(24)17-7-4-3-5-8-17/h3-9,11,13-14,16,22H,10,12,15H2,1-2H3/t22-/m1/s1. The second-order valence-electron chi connectivity index (χ2n) is 7.45. The van der Waals surface area contributed by atoms with Crippen LogP contribution in [-0.2, 0) is 11.2 Å². The minimum atomic E-state index is -0.261. The van der Waals surface area contributed by atoms with Gasteiger partial charge in [-0.1, -0.05) is 30.3 Å². The number of nitrogens with zero attached hydrogens (tertiary/aromatic N) is 2. The van der Waals surface area contributed by atoms with Gasteiger partial charge in [-0.3, -0.25) is 9.59 Å². The molecule has 2 aromatic heterocycles. The highest BCUT2D eigenvalue weighted by atomic mass is 32.1. The van der Waals surface area contributed by atoms with E-state index in [1.807, 2.05) is 36.9 Å². The smallest absolute Gasteiger partial charge is 0.290 e. The Balaban J connectivity index is 1.62. The van der Waals surface area contributed by atoms with Crippen LogP contribution < -0.4 is 0 Å². The molecular weight excluding hydrogens is 384 g/mol. The third-order valence-electron chi connectivity index (χ3n) is 5.32. The minimum Gasteiger partial charge on any atom is -0.459 e. The summed E-state index contributed by atoms with van der Waals surface area (Å²) >= 11 is 1.74. The molecule has 0 bridgehead atoms. The van der Waals surface area contributed by atoms with Crippen LogP contribution in [0.5, 0.6) is 0 Å². The van der Waals surface area contributed by atoms with Crippen molar-refractivity contribution in [2.45, 2.75) is 32.4 Å². The zero-order chi connectivity index (χ0) is 20.4. The Hall–Kier alpha value is -2.86. The van der Waals surface area contributed by atoms with Gasteiger partial charge in [0, 0.05) is 17.5 Å². The first-order chi connectivity index (χ1) is 14.1. The first-order valence-electron chi connectivity index (χ1n) is 9.81. The van der Waals surface area contributed by atoms with Gasteiger partial charge in [0.05, 0.1) is 12.3 Å². The highest BCUT2D eigenvalue weighted by molar-refractivity contribution is 7.10. The number of thiophene rings is 1. The molecule has 0 saturated carbocycles. The van der Waals surface area contributed by atoms with Gasteiger partial charge in [0.25, 0.3) is 5.91 Å². The molecule has 4 rings (SSSR count). The van der Waals surface area contributed by atoms with Crippen molar-refractivity contribution in [3.05, 3.63) is 81.9 Å². The first kappa shape index (κ1) is 19.5. The predicted molar refractivity (Wildman–Crippen MR) is 113 cm³/mol. The Morgan fingerprint density at radius 1 is 1.17 bits per heavy atom. The number of benzene rings is 1. The summed E-state index contributed by atoms with van der Waals surface area (Å²) in [5, 5.41) is 2.09. The number of carbonyl (C=O) groups excluding carboxylic acids is 2. The van der Waals surface area contributed by atoms with Crippen molar-refractivity contribution in [2.75, 3.05) is 13.1 Å². The van der Waals surface area contributed by atoms with E-state index in [-0.39, 0.29) is 36.2 Å². The van der Waals surface area contributed by atoms with Gasteiger partial charge in [0.15, 0.2) is 5.76 Å². The Kier molecular flexibility index (Phi) is 5.53. The molecule has 3 heterocycles. The third-order valence-corrected chi connectivity index (χ3v) is 6.32. The summed E-state index contributed by atoms with van der Waals surface area (Å²) in [6, 6.07) is 15.3. The van der Waals surface area contributed by atoms with E-state index in [0.29, 0.717) is 6.54 Å². The van der Waals surface area contributed by atoms with Gasteiger partial charge < -0.3 is 14.2 Å². The van der Waals surface area contributed by atoms with Gasteiger partial charge in [-0.15, -0.1) is 11.3 Å². The van der Waals surface area contributed by atoms with Crippen LogP contribution in [0.2, 0.25) is 0 Å². The topological polar surface area (TPSA) is 53.8 Å². The minimum absolute atomic E-state index is 0.0278. The maximum Gasteiger partial charge on any atom is 0.290 e. The van der Waals surface area contributed by atoms with Gasteiger partial charge in [0.1, 0.15) is 6.54 Å². The maximum absolute atomic E-state index is 13.4. The van der Waals surface area contributed by atoms with E-state index in [1.54, 1.807) is 28.4 Å². The van der Waals surface area contributed by atoms with Crippen LogP contribution in [0.3, 0.4) is 0 Å². The van der Waals surface area contributed by atoms with Crippen molar-refractivity contribution in [1.82, 2.24) is 9.80 Å². The van der Waals surface area contributed by atoms with E-state index in [2.05, 4.69) is 23.6 Å². The fourth-order valence-corrected chi connectivity index (χ4v) is 4.75. The molecule has 0 saturated heterocycles. The van der Waals surface area contributed by atoms with Crippen LogP contribution in [0.15, 0.2) is 64.6 Å². The van der Waals surface area contributed by atoms with Gasteiger partial charge in [-0.25, -0.2) is 0 Å². The molecule has 3 aromatic rings. The summed E-state index contributed by atoms with van der Waals surface area (Å²) in [6.45, 7) is 4.50. The van der Waals surface area contributed by atoms with E-state index in [1.165, 1.54) is 16.7 Å². The summed E-state index contributed by atoms with van der Waals surface area (Å²) in [5.41, 5.74) is 2.28. The lowest BCUT2D eigenvalue weighted by molar-refractivity contribution is -0.134. The molecule has 1 atom stereocenters. The van der Waals surface area contributed by atoms with Crippen LogP contribution >= 0.6 is 11.3 Å². The van der Waals surface area contributed by atoms with Crippen LogP contribution in [0.25, 0.3) is 0 Å². The second-order valence-corrected chi connectivity index (χ2v) is 8.45. The van der Waals surface area contributed by atoms with Crippen molar-refractivity contribution in [1.29, 1.82) is 0 Å². The largest absolute Gasteiger partial charge is 0.459 e. The molecule has 0 N–H and O–H groups in total. The van der Waals surface area contributed by atoms with Crippen LogP contribution in [0.1, 0.15) is 46.4 Å². The average molecular weight is 409 g/mol. The van der Waals surface area contributed by atoms with E-state index in [9.17, 15) is 9.59 Å². The first-order valence-corrected chi connectivity index (χ1v) is 10.7. The molecule has 1 aromatic carbocycles. The molecule has 1 aliphatic rings. The number of amides is 2. The van der Waals surface area contributed by atoms with E-state index in [4.69, 9.17) is 4.42 Å². The Labute approximate surface area is 174 Å². The second kappa shape index (κ2) is 8.25. The number of hydrogen-bond donors (Lipinski definition) is 0. The molecule has 29 heavy (non-hydrogen) atoms. The Morgan fingerprint density at radius 3 is 2.66 bits per heavy atom. The van der Waals surface area contributed by atoms with Crippen LogP contribution in [0, 0.1) is 0 Å². The summed E-state index contributed by atoms with van der Waals surface area (Å²) in [7, 11) is 0. The molecule has 6 heteroatoms. The highest BCUT2D eigenvalue weighted by Gasteiger charge is 2.34. The van der Waals surface area contributed by atoms with Crippen molar-refractivity contribution in [3.8, 4) is 0 Å². The summed E-state index contributed by atoms with van der Waals surface area (Å²) in [4.78, 5) is 31.1. The quantitative estimate of drug-likeness (QED) is 0.630. The van der Waals surface area contributed by atoms with E-state index in [0.717, 1.165) is 12.0 Å². The van der Waals surface area contributed by atoms with E-state index < -0.39 is 0 Å². The Bertz CT molecular complexity index is 979. The van der Waals surface area contributed by atoms with Gasteiger partial charge in [0.2, 0.25) is 5.91 Å². The van der Waals surface area contributed by atoms with Crippen LogP contribution in [0.4, 0.5) is 0 Å². The molecule has 0 radical (unpaired) electrons. The van der Waals surface area contributed by atoms with E-state index >= 15 is 0 Å². The molecule has 2 amide bonds. The molecule has 1 aliphatic heterocycles. The fourth-order valence-electron chi connectivity index (χ4n) is 3.85. The zero-order valence-electron chi connectivity index (χ0n) is 16.6. The number of carbonyl (C=O) groups is 2. The molecule has 5 nitrogen and oxygen atoms in total. The zero-order valence-corrected chi connectivity index (χ0v) is 17.4. The van der Waals surface area contributed by atoms with Gasteiger partial charge in [-0.2, -0.15) is 0 Å². The molecule has 0 spiro atoms. The summed E-state index contributed by atoms with van der Waals surface area (Å²) < 4.78 is 5.27. The lowest BCUT2D eigenvalue weighted by Crippen LogP contribution is -2.48. The average Bonchev–Trinajstić information content (AvgIpc) is 3.42. The molecule has 150 valence electrons. The maximum atomic E-state index is 13.4. The molecular formula is C23H24N2O3S. The van der Waals surface area contributed by atoms with Crippen molar-refractivity contribution < 1.29 is 14.0 Å². The Morgan fingerprint density at radius 2 is 1.97 bits per heavy atom. The predicted octanol–water partition coefficient (Wildman–Crippen LogP) is 4.37. The third kappa shape index (κ3) is 3.85. The monoisotopic (exact) mass is 408 g/mol. The lowest BCUT2D eigenvalue weighted by atomic mass is 9.93. The van der Waals surface area contributed by atoms with Crippen molar-refractivity contribution >= 4 is 23.2 Å².